The summed E-state index contributed by atoms with van der Waals surface area (Å²) in [6.07, 6.45) is 1.74. The van der Waals surface area contributed by atoms with E-state index in [1.165, 1.54) is 9.54 Å². The highest BCUT2D eigenvalue weighted by Gasteiger charge is 2.24. The zero-order valence-electron chi connectivity index (χ0n) is 18.6. The second-order valence-corrected chi connectivity index (χ2v) is 10.2. The van der Waals surface area contributed by atoms with Crippen LogP contribution in [0.1, 0.15) is 27.8 Å². The lowest BCUT2D eigenvalue weighted by Gasteiger charge is -2.15. The van der Waals surface area contributed by atoms with Gasteiger partial charge in [-0.15, -0.1) is 0 Å². The molecule has 0 unspecified atom stereocenters. The van der Waals surface area contributed by atoms with E-state index in [-0.39, 0.29) is 4.90 Å². The fraction of sp³-hybridized carbons (Fsp3) is 0.185. The molecule has 4 aromatic rings. The van der Waals surface area contributed by atoms with E-state index < -0.39 is 10.0 Å². The van der Waals surface area contributed by atoms with Gasteiger partial charge < -0.3 is 0 Å². The minimum absolute atomic E-state index is 0.285. The minimum Gasteiger partial charge on any atom is -0.241 e. The van der Waals surface area contributed by atoms with Crippen LogP contribution in [0.3, 0.4) is 0 Å². The first-order chi connectivity index (χ1) is 14.7. The zero-order valence-corrected chi connectivity index (χ0v) is 19.4. The molecule has 1 aromatic heterocycles. The molecular formula is C27H27NO2S. The molecule has 0 saturated carbocycles. The molecule has 4 heteroatoms. The van der Waals surface area contributed by atoms with Crippen LogP contribution in [0.2, 0.25) is 0 Å². The average molecular weight is 430 g/mol. The van der Waals surface area contributed by atoms with Gasteiger partial charge in [0.1, 0.15) is 0 Å². The van der Waals surface area contributed by atoms with Crippen molar-refractivity contribution in [2.24, 2.45) is 0 Å². The number of aryl methyl sites for hydroxylation is 5. The Kier molecular flexibility index (Phi) is 5.36. The average Bonchev–Trinajstić information content (AvgIpc) is 3.14. The van der Waals surface area contributed by atoms with E-state index in [0.717, 1.165) is 38.9 Å². The van der Waals surface area contributed by atoms with Gasteiger partial charge in [-0.2, -0.15) is 0 Å². The van der Waals surface area contributed by atoms with Gasteiger partial charge >= 0.3 is 0 Å². The Morgan fingerprint density at radius 1 is 0.613 bits per heavy atom. The molecule has 0 aliphatic heterocycles. The summed E-state index contributed by atoms with van der Waals surface area (Å²) in [5, 5.41) is 0. The second kappa shape index (κ2) is 7.86. The molecule has 158 valence electrons. The van der Waals surface area contributed by atoms with Crippen LogP contribution in [0.25, 0.3) is 22.4 Å². The molecular weight excluding hydrogens is 402 g/mol. The van der Waals surface area contributed by atoms with E-state index in [4.69, 9.17) is 0 Å². The number of hydrogen-bond donors (Lipinski definition) is 0. The van der Waals surface area contributed by atoms with Crippen LogP contribution in [0, 0.1) is 34.6 Å². The minimum atomic E-state index is -3.76. The van der Waals surface area contributed by atoms with Crippen molar-refractivity contribution in [3.05, 3.63) is 101 Å². The van der Waals surface area contributed by atoms with Crippen LogP contribution in [0.15, 0.2) is 77.8 Å². The summed E-state index contributed by atoms with van der Waals surface area (Å²) in [7, 11) is -3.76. The largest absolute Gasteiger partial charge is 0.268 e. The molecule has 0 aliphatic rings. The Bertz CT molecular complexity index is 1340. The maximum absolute atomic E-state index is 13.7. The van der Waals surface area contributed by atoms with Gasteiger partial charge in [-0.05, 0) is 69.5 Å². The Hall–Kier alpha value is -3.11. The van der Waals surface area contributed by atoms with Gasteiger partial charge in [0.15, 0.2) is 0 Å². The number of nitrogens with zero attached hydrogens (tertiary/aromatic N) is 1. The molecule has 31 heavy (non-hydrogen) atoms. The smallest absolute Gasteiger partial charge is 0.241 e. The molecule has 0 spiro atoms. The number of aromatic nitrogens is 1. The molecule has 0 aliphatic carbocycles. The van der Waals surface area contributed by atoms with Gasteiger partial charge in [-0.25, -0.2) is 12.4 Å². The molecule has 0 atom stereocenters. The molecule has 4 rings (SSSR count). The van der Waals surface area contributed by atoms with E-state index in [0.29, 0.717) is 5.69 Å². The van der Waals surface area contributed by atoms with Crippen molar-refractivity contribution in [1.82, 2.24) is 3.97 Å². The molecule has 0 fully saturated rings. The van der Waals surface area contributed by atoms with E-state index in [1.54, 1.807) is 18.3 Å². The maximum atomic E-state index is 13.7. The third kappa shape index (κ3) is 3.96. The predicted octanol–water partition coefficient (Wildman–Crippen LogP) is 6.60. The Morgan fingerprint density at radius 2 is 1.13 bits per heavy atom. The van der Waals surface area contributed by atoms with Crippen molar-refractivity contribution >= 4 is 10.0 Å². The molecule has 0 amide bonds. The lowest BCUT2D eigenvalue weighted by molar-refractivity contribution is 0.588. The summed E-state index contributed by atoms with van der Waals surface area (Å²) in [5.74, 6) is 0. The van der Waals surface area contributed by atoms with Gasteiger partial charge in [0.25, 0.3) is 10.0 Å². The molecule has 3 aromatic carbocycles. The Balaban J connectivity index is 1.99. The van der Waals surface area contributed by atoms with Gasteiger partial charge in [0, 0.05) is 17.3 Å². The lowest BCUT2D eigenvalue weighted by atomic mass is 9.97. The van der Waals surface area contributed by atoms with Crippen LogP contribution in [-0.4, -0.2) is 12.4 Å². The van der Waals surface area contributed by atoms with Crippen LogP contribution in [0.5, 0.6) is 0 Å². The van der Waals surface area contributed by atoms with Crippen LogP contribution >= 0.6 is 0 Å². The molecule has 1 heterocycles. The standard InChI is InChI=1S/C27H27NO2S/c1-18-6-10-23(11-7-18)24-16-26(27-21(4)14-20(3)15-22(27)5)28(17-24)31(29,30)25-12-8-19(2)9-13-25/h6-17H,1-5H3. The van der Waals surface area contributed by atoms with Crippen LogP contribution in [0.4, 0.5) is 0 Å². The third-order valence-electron chi connectivity index (χ3n) is 5.68. The van der Waals surface area contributed by atoms with Crippen molar-refractivity contribution in [1.29, 1.82) is 0 Å². The van der Waals surface area contributed by atoms with Gasteiger partial charge in [0.05, 0.1) is 10.6 Å². The number of benzene rings is 3. The monoisotopic (exact) mass is 429 g/mol. The highest BCUT2D eigenvalue weighted by molar-refractivity contribution is 7.90. The van der Waals surface area contributed by atoms with Crippen LogP contribution in [-0.2, 0) is 10.0 Å². The number of rotatable bonds is 4. The van der Waals surface area contributed by atoms with Crippen molar-refractivity contribution in [3.8, 4) is 22.4 Å². The Morgan fingerprint density at radius 3 is 1.68 bits per heavy atom. The molecule has 0 radical (unpaired) electrons. The summed E-state index contributed by atoms with van der Waals surface area (Å²) in [5.41, 5.74) is 9.00. The zero-order chi connectivity index (χ0) is 22.3. The van der Waals surface area contributed by atoms with E-state index in [9.17, 15) is 8.42 Å². The van der Waals surface area contributed by atoms with Gasteiger partial charge in [-0.1, -0.05) is 65.2 Å². The summed E-state index contributed by atoms with van der Waals surface area (Å²) >= 11 is 0. The first kappa shape index (κ1) is 21.1. The first-order valence-electron chi connectivity index (χ1n) is 10.4. The molecule has 0 N–H and O–H groups in total. The molecule has 0 bridgehead atoms. The summed E-state index contributed by atoms with van der Waals surface area (Å²) in [6.45, 7) is 10.1. The lowest BCUT2D eigenvalue weighted by Crippen LogP contribution is -2.14. The second-order valence-electron chi connectivity index (χ2n) is 8.37. The van der Waals surface area contributed by atoms with Gasteiger partial charge in [0.2, 0.25) is 0 Å². The normalized spacial score (nSPS) is 11.6. The topological polar surface area (TPSA) is 39.1 Å². The highest BCUT2D eigenvalue weighted by atomic mass is 32.2. The number of hydrogen-bond acceptors (Lipinski definition) is 2. The fourth-order valence-corrected chi connectivity index (χ4v) is 5.50. The predicted molar refractivity (Wildman–Crippen MR) is 128 cm³/mol. The quantitative estimate of drug-likeness (QED) is 0.366. The highest BCUT2D eigenvalue weighted by Crippen LogP contribution is 2.35. The maximum Gasteiger partial charge on any atom is 0.268 e. The summed E-state index contributed by atoms with van der Waals surface area (Å²) in [4.78, 5) is 0.285. The van der Waals surface area contributed by atoms with Crippen molar-refractivity contribution in [3.63, 3.8) is 0 Å². The van der Waals surface area contributed by atoms with E-state index in [2.05, 4.69) is 19.1 Å². The van der Waals surface area contributed by atoms with Crippen molar-refractivity contribution in [2.75, 3.05) is 0 Å². The SMILES string of the molecule is Cc1ccc(-c2cc(-c3c(C)cc(C)cc3C)n(S(=O)(=O)c3ccc(C)cc3)c2)cc1. The van der Waals surface area contributed by atoms with Crippen molar-refractivity contribution in [2.45, 2.75) is 39.5 Å². The van der Waals surface area contributed by atoms with E-state index in [1.807, 2.05) is 70.2 Å². The first-order valence-corrected chi connectivity index (χ1v) is 11.8. The Labute approximate surface area is 185 Å². The molecule has 3 nitrogen and oxygen atoms in total. The van der Waals surface area contributed by atoms with E-state index >= 15 is 0 Å². The fourth-order valence-electron chi connectivity index (χ4n) is 4.14. The summed E-state index contributed by atoms with van der Waals surface area (Å²) in [6, 6.07) is 21.4. The summed E-state index contributed by atoms with van der Waals surface area (Å²) < 4.78 is 28.8. The van der Waals surface area contributed by atoms with Crippen LogP contribution < -0.4 is 0 Å². The van der Waals surface area contributed by atoms with Gasteiger partial charge in [-0.3, -0.25) is 0 Å². The molecule has 0 saturated heterocycles. The van der Waals surface area contributed by atoms with Crippen molar-refractivity contribution < 1.29 is 8.42 Å². The third-order valence-corrected chi connectivity index (χ3v) is 7.37.